The van der Waals surface area contributed by atoms with E-state index in [9.17, 15) is 10.2 Å². The predicted molar refractivity (Wildman–Crippen MR) is 100 cm³/mol. The second kappa shape index (κ2) is 6.69. The van der Waals surface area contributed by atoms with E-state index in [0.29, 0.717) is 6.54 Å². The van der Waals surface area contributed by atoms with Crippen LogP contribution < -0.4 is 5.32 Å². The second-order valence-corrected chi connectivity index (χ2v) is 6.39. The molecule has 2 aromatic carbocycles. The number of nitrogens with one attached hydrogen (secondary N) is 1. The third kappa shape index (κ3) is 2.89. The largest absolute Gasteiger partial charge is 0.464 e. The highest BCUT2D eigenvalue weighted by Crippen LogP contribution is 2.36. The standard InChI is InChI=1S/C19H19NO4.ClH/c1-19(10-21,11-22)20-9-15-13-6-7-23-17(13)8-14-12-4-2-3-5-16(12)24-18(14)15;/h2-8,20-22H,9-11H2,1H3;1H. The van der Waals surface area contributed by atoms with E-state index >= 15 is 0 Å². The molecule has 0 bridgehead atoms. The van der Waals surface area contributed by atoms with Gasteiger partial charge in [0.25, 0.3) is 0 Å². The molecule has 0 radical (unpaired) electrons. The maximum atomic E-state index is 9.50. The van der Waals surface area contributed by atoms with Crippen LogP contribution in [0.25, 0.3) is 32.9 Å². The van der Waals surface area contributed by atoms with Crippen LogP contribution >= 0.6 is 12.4 Å². The zero-order valence-corrected chi connectivity index (χ0v) is 14.6. The summed E-state index contributed by atoms with van der Waals surface area (Å²) < 4.78 is 11.7. The predicted octanol–water partition coefficient (Wildman–Crippen LogP) is 3.59. The van der Waals surface area contributed by atoms with Crippen molar-refractivity contribution < 1.29 is 19.0 Å². The maximum Gasteiger partial charge on any atom is 0.140 e. The summed E-state index contributed by atoms with van der Waals surface area (Å²) in [5.74, 6) is 0. The van der Waals surface area contributed by atoms with Crippen molar-refractivity contribution in [2.24, 2.45) is 0 Å². The number of para-hydroxylation sites is 1. The van der Waals surface area contributed by atoms with E-state index in [1.807, 2.05) is 36.4 Å². The van der Waals surface area contributed by atoms with Gasteiger partial charge < -0.3 is 24.4 Å². The molecule has 4 aromatic rings. The molecule has 0 saturated carbocycles. The molecule has 0 aliphatic heterocycles. The molecule has 4 rings (SSSR count). The summed E-state index contributed by atoms with van der Waals surface area (Å²) in [7, 11) is 0. The Morgan fingerprint density at radius 1 is 1.00 bits per heavy atom. The van der Waals surface area contributed by atoms with E-state index < -0.39 is 5.54 Å². The van der Waals surface area contributed by atoms with Crippen LogP contribution in [0.5, 0.6) is 0 Å². The molecule has 25 heavy (non-hydrogen) atoms. The fourth-order valence-electron chi connectivity index (χ4n) is 3.01. The Kier molecular flexibility index (Phi) is 4.75. The van der Waals surface area contributed by atoms with Crippen LogP contribution in [0.3, 0.4) is 0 Å². The molecule has 0 aliphatic carbocycles. The molecule has 5 nitrogen and oxygen atoms in total. The molecule has 2 aromatic heterocycles. The van der Waals surface area contributed by atoms with Crippen LogP contribution in [0.15, 0.2) is 51.5 Å². The summed E-state index contributed by atoms with van der Waals surface area (Å²) in [5, 5.41) is 25.2. The lowest BCUT2D eigenvalue weighted by atomic mass is 10.0. The first kappa shape index (κ1) is 17.8. The fourth-order valence-corrected chi connectivity index (χ4v) is 3.01. The van der Waals surface area contributed by atoms with E-state index in [0.717, 1.165) is 38.5 Å². The van der Waals surface area contributed by atoms with E-state index in [4.69, 9.17) is 8.83 Å². The topological polar surface area (TPSA) is 78.8 Å². The number of hydrogen-bond donors (Lipinski definition) is 3. The van der Waals surface area contributed by atoms with Crippen molar-refractivity contribution in [3.8, 4) is 0 Å². The minimum atomic E-state index is -0.760. The molecule has 0 spiro atoms. The van der Waals surface area contributed by atoms with Crippen LogP contribution in [-0.2, 0) is 6.54 Å². The van der Waals surface area contributed by atoms with Crippen molar-refractivity contribution in [2.45, 2.75) is 19.0 Å². The molecule has 132 valence electrons. The van der Waals surface area contributed by atoms with Gasteiger partial charge in [0.1, 0.15) is 16.7 Å². The van der Waals surface area contributed by atoms with Crippen molar-refractivity contribution in [1.29, 1.82) is 0 Å². The van der Waals surface area contributed by atoms with Crippen molar-refractivity contribution in [1.82, 2.24) is 5.32 Å². The van der Waals surface area contributed by atoms with Crippen LogP contribution in [-0.4, -0.2) is 29.0 Å². The molecule has 0 aliphatic rings. The van der Waals surface area contributed by atoms with Crippen LogP contribution in [0, 0.1) is 0 Å². The molecule has 0 amide bonds. The van der Waals surface area contributed by atoms with E-state index in [1.54, 1.807) is 13.2 Å². The molecule has 0 atom stereocenters. The summed E-state index contributed by atoms with van der Waals surface area (Å²) in [6.07, 6.45) is 1.66. The lowest BCUT2D eigenvalue weighted by molar-refractivity contribution is 0.103. The Hall–Kier alpha value is -2.05. The second-order valence-electron chi connectivity index (χ2n) is 6.39. The smallest absolute Gasteiger partial charge is 0.140 e. The van der Waals surface area contributed by atoms with Gasteiger partial charge in [0.15, 0.2) is 0 Å². The van der Waals surface area contributed by atoms with Gasteiger partial charge in [0.2, 0.25) is 0 Å². The average Bonchev–Trinajstić information content (AvgIpc) is 3.22. The number of aliphatic hydroxyl groups excluding tert-OH is 2. The third-order valence-electron chi connectivity index (χ3n) is 4.59. The number of halogens is 1. The summed E-state index contributed by atoms with van der Waals surface area (Å²) in [6, 6.07) is 11.8. The monoisotopic (exact) mass is 361 g/mol. The Balaban J connectivity index is 0.00000182. The minimum absolute atomic E-state index is 0. The molecule has 3 N–H and O–H groups in total. The van der Waals surface area contributed by atoms with Crippen molar-refractivity contribution in [3.05, 3.63) is 48.2 Å². The van der Waals surface area contributed by atoms with Gasteiger partial charge >= 0.3 is 0 Å². The Labute approximate surface area is 150 Å². The molecule has 0 saturated heterocycles. The highest BCUT2D eigenvalue weighted by atomic mass is 35.5. The van der Waals surface area contributed by atoms with Gasteiger partial charge in [-0.3, -0.25) is 0 Å². The lowest BCUT2D eigenvalue weighted by Crippen LogP contribution is -2.48. The molecule has 0 unspecified atom stereocenters. The number of furan rings is 2. The summed E-state index contributed by atoms with van der Waals surface area (Å²) in [5.41, 5.74) is 2.62. The highest BCUT2D eigenvalue weighted by Gasteiger charge is 2.23. The maximum absolute atomic E-state index is 9.50. The van der Waals surface area contributed by atoms with Gasteiger partial charge in [-0.2, -0.15) is 0 Å². The van der Waals surface area contributed by atoms with Gasteiger partial charge in [-0.15, -0.1) is 12.4 Å². The van der Waals surface area contributed by atoms with Crippen molar-refractivity contribution in [3.63, 3.8) is 0 Å². The van der Waals surface area contributed by atoms with Crippen molar-refractivity contribution >= 4 is 45.3 Å². The van der Waals surface area contributed by atoms with Crippen LogP contribution in [0.1, 0.15) is 12.5 Å². The summed E-state index contributed by atoms with van der Waals surface area (Å²) in [6.45, 7) is 1.91. The number of benzene rings is 2. The lowest BCUT2D eigenvalue weighted by Gasteiger charge is -2.26. The molecule has 6 heteroatoms. The van der Waals surface area contributed by atoms with Gasteiger partial charge in [0.05, 0.1) is 25.0 Å². The Morgan fingerprint density at radius 2 is 1.76 bits per heavy atom. The van der Waals surface area contributed by atoms with Gasteiger partial charge in [-0.05, 0) is 25.1 Å². The number of hydrogen-bond acceptors (Lipinski definition) is 5. The fraction of sp³-hybridized carbons (Fsp3) is 0.263. The Bertz CT molecular complexity index is 1020. The summed E-state index contributed by atoms with van der Waals surface area (Å²) >= 11 is 0. The average molecular weight is 362 g/mol. The first-order chi connectivity index (χ1) is 11.6. The molecule has 2 heterocycles. The highest BCUT2D eigenvalue weighted by molar-refractivity contribution is 6.11. The van der Waals surface area contributed by atoms with E-state index in [2.05, 4.69) is 5.32 Å². The molecular weight excluding hydrogens is 342 g/mol. The minimum Gasteiger partial charge on any atom is -0.464 e. The number of aliphatic hydroxyl groups is 2. The number of fused-ring (bicyclic) bond motifs is 4. The van der Waals surface area contributed by atoms with Crippen molar-refractivity contribution in [2.75, 3.05) is 13.2 Å². The van der Waals surface area contributed by atoms with Gasteiger partial charge in [-0.1, -0.05) is 18.2 Å². The van der Waals surface area contributed by atoms with E-state index in [1.165, 1.54) is 0 Å². The third-order valence-corrected chi connectivity index (χ3v) is 4.59. The van der Waals surface area contributed by atoms with Gasteiger partial charge in [0, 0.05) is 28.3 Å². The first-order valence-electron chi connectivity index (χ1n) is 7.92. The Morgan fingerprint density at radius 3 is 2.52 bits per heavy atom. The van der Waals surface area contributed by atoms with E-state index in [-0.39, 0.29) is 25.6 Å². The summed E-state index contributed by atoms with van der Waals surface area (Å²) in [4.78, 5) is 0. The molecular formula is C19H20ClNO4. The SMILES string of the molecule is CC(CO)(CO)NCc1c2ccoc2cc2c1oc1ccccc12.Cl. The quantitative estimate of drug-likeness (QED) is 0.506. The zero-order chi connectivity index (χ0) is 16.7. The number of rotatable bonds is 5. The zero-order valence-electron chi connectivity index (χ0n) is 13.8. The van der Waals surface area contributed by atoms with Crippen LogP contribution in [0.2, 0.25) is 0 Å². The normalized spacial score (nSPS) is 12.1. The van der Waals surface area contributed by atoms with Crippen LogP contribution in [0.4, 0.5) is 0 Å². The van der Waals surface area contributed by atoms with Gasteiger partial charge in [-0.25, -0.2) is 0 Å². The molecule has 0 fully saturated rings. The first-order valence-corrected chi connectivity index (χ1v) is 7.92.